The summed E-state index contributed by atoms with van der Waals surface area (Å²) in [4.78, 5) is 11.3. The minimum atomic E-state index is -0.146. The lowest BCUT2D eigenvalue weighted by atomic mass is 10.1. The molecule has 0 amide bonds. The molecule has 1 N–H and O–H groups in total. The van der Waals surface area contributed by atoms with E-state index in [0.29, 0.717) is 17.2 Å². The number of ketones is 1. The number of carbonyl (C=O) groups is 1. The first-order chi connectivity index (χ1) is 6.60. The van der Waals surface area contributed by atoms with Gasteiger partial charge in [0.1, 0.15) is 11.5 Å². The fourth-order valence-corrected chi connectivity index (χ4v) is 1.35. The summed E-state index contributed by atoms with van der Waals surface area (Å²) in [6.07, 6.45) is 0.330. The Labute approximate surface area is 87.3 Å². The number of ether oxygens (including phenoxy) is 1. The van der Waals surface area contributed by atoms with Crippen molar-refractivity contribution in [1.82, 2.24) is 0 Å². The van der Waals surface area contributed by atoms with E-state index in [0.717, 1.165) is 0 Å². The van der Waals surface area contributed by atoms with Crippen LogP contribution in [-0.2, 0) is 0 Å². The van der Waals surface area contributed by atoms with Crippen LogP contribution in [0.5, 0.6) is 11.5 Å². The van der Waals surface area contributed by atoms with Gasteiger partial charge in [-0.25, -0.2) is 0 Å². The molecule has 1 aromatic carbocycles. The van der Waals surface area contributed by atoms with Crippen LogP contribution in [0.1, 0.15) is 23.7 Å². The van der Waals surface area contributed by atoms with E-state index >= 15 is 0 Å². The van der Waals surface area contributed by atoms with E-state index in [1.807, 2.05) is 0 Å². The highest BCUT2D eigenvalue weighted by Crippen LogP contribution is 2.32. The molecule has 0 aliphatic carbocycles. The quantitative estimate of drug-likeness (QED) is 0.787. The van der Waals surface area contributed by atoms with Gasteiger partial charge in [0.15, 0.2) is 5.78 Å². The fourth-order valence-electron chi connectivity index (χ4n) is 1.11. The number of Topliss-reactive ketones (excluding diaryl/α,β-unsaturated/α-hetero) is 1. The van der Waals surface area contributed by atoms with Crippen molar-refractivity contribution in [3.05, 3.63) is 22.7 Å². The summed E-state index contributed by atoms with van der Waals surface area (Å²) in [5.74, 6) is 0.113. The molecule has 0 aliphatic rings. The molecule has 0 fully saturated rings. The number of benzene rings is 1. The van der Waals surface area contributed by atoms with Crippen LogP contribution in [0.2, 0.25) is 5.02 Å². The molecule has 0 radical (unpaired) electrons. The zero-order chi connectivity index (χ0) is 10.7. The normalized spacial score (nSPS) is 9.93. The molecular formula is C10H11ClO3. The summed E-state index contributed by atoms with van der Waals surface area (Å²) in [6.45, 7) is 1.72. The molecule has 0 unspecified atom stereocenters. The maximum Gasteiger partial charge on any atom is 0.166 e. The Morgan fingerprint density at radius 1 is 1.57 bits per heavy atom. The molecule has 76 valence electrons. The Morgan fingerprint density at radius 2 is 2.21 bits per heavy atom. The van der Waals surface area contributed by atoms with Gasteiger partial charge in [-0.05, 0) is 6.07 Å². The van der Waals surface area contributed by atoms with Crippen molar-refractivity contribution in [2.24, 2.45) is 0 Å². The number of phenols is 1. The van der Waals surface area contributed by atoms with Crippen LogP contribution < -0.4 is 4.74 Å². The molecule has 0 bridgehead atoms. The summed E-state index contributed by atoms with van der Waals surface area (Å²) in [7, 11) is 1.45. The average Bonchev–Trinajstić information content (AvgIpc) is 2.19. The molecule has 0 atom stereocenters. The number of halogens is 1. The summed E-state index contributed by atoms with van der Waals surface area (Å²) in [6, 6.07) is 2.76. The lowest BCUT2D eigenvalue weighted by Gasteiger charge is -2.07. The Morgan fingerprint density at radius 3 is 2.71 bits per heavy atom. The predicted octanol–water partition coefficient (Wildman–Crippen LogP) is 2.65. The Hall–Kier alpha value is -1.22. The number of carbonyl (C=O) groups excluding carboxylic acids is 1. The highest BCUT2D eigenvalue weighted by Gasteiger charge is 2.13. The van der Waals surface area contributed by atoms with Gasteiger partial charge in [-0.1, -0.05) is 18.5 Å². The van der Waals surface area contributed by atoms with Crippen molar-refractivity contribution in [3.8, 4) is 11.5 Å². The average molecular weight is 215 g/mol. The number of aromatic hydroxyl groups is 1. The number of hydrogen-bond acceptors (Lipinski definition) is 3. The number of phenolic OH excluding ortho intramolecular Hbond substituents is 1. The molecule has 3 nitrogen and oxygen atoms in total. The molecule has 0 saturated carbocycles. The van der Waals surface area contributed by atoms with Gasteiger partial charge in [0, 0.05) is 12.5 Å². The maximum absolute atomic E-state index is 11.3. The summed E-state index contributed by atoms with van der Waals surface area (Å²) in [5, 5.41) is 9.81. The standard InChI is InChI=1S/C10H11ClO3/c1-3-8(12)6-4-7(11)10(14-2)5-9(6)13/h4-5,13H,3H2,1-2H3. The van der Waals surface area contributed by atoms with Crippen molar-refractivity contribution < 1.29 is 14.6 Å². The lowest BCUT2D eigenvalue weighted by molar-refractivity contribution is 0.0985. The van der Waals surface area contributed by atoms with E-state index in [1.54, 1.807) is 6.92 Å². The molecule has 0 aliphatic heterocycles. The lowest BCUT2D eigenvalue weighted by Crippen LogP contribution is -1.97. The van der Waals surface area contributed by atoms with Crippen LogP contribution in [0.15, 0.2) is 12.1 Å². The van der Waals surface area contributed by atoms with E-state index < -0.39 is 0 Å². The van der Waals surface area contributed by atoms with Gasteiger partial charge >= 0.3 is 0 Å². The smallest absolute Gasteiger partial charge is 0.166 e. The summed E-state index contributed by atoms with van der Waals surface area (Å²) in [5.41, 5.74) is 0.235. The summed E-state index contributed by atoms with van der Waals surface area (Å²) < 4.78 is 4.89. The second-order valence-electron chi connectivity index (χ2n) is 2.78. The van der Waals surface area contributed by atoms with Gasteiger partial charge in [0.25, 0.3) is 0 Å². The molecule has 4 heteroatoms. The molecule has 0 spiro atoms. The molecular weight excluding hydrogens is 204 g/mol. The third-order valence-electron chi connectivity index (χ3n) is 1.89. The topological polar surface area (TPSA) is 46.5 Å². The first-order valence-corrected chi connectivity index (χ1v) is 4.57. The van der Waals surface area contributed by atoms with Gasteiger partial charge in [-0.2, -0.15) is 0 Å². The van der Waals surface area contributed by atoms with Gasteiger partial charge < -0.3 is 9.84 Å². The largest absolute Gasteiger partial charge is 0.507 e. The van der Waals surface area contributed by atoms with Gasteiger partial charge in [-0.15, -0.1) is 0 Å². The molecule has 1 rings (SSSR count). The van der Waals surface area contributed by atoms with Gasteiger partial charge in [0.2, 0.25) is 0 Å². The van der Waals surface area contributed by atoms with Crippen LogP contribution >= 0.6 is 11.6 Å². The van der Waals surface area contributed by atoms with Crippen LogP contribution in [0.3, 0.4) is 0 Å². The molecule has 0 heterocycles. The number of rotatable bonds is 3. The minimum Gasteiger partial charge on any atom is -0.507 e. The minimum absolute atomic E-state index is 0.0990. The van der Waals surface area contributed by atoms with Crippen LogP contribution in [0, 0.1) is 0 Å². The van der Waals surface area contributed by atoms with Crippen molar-refractivity contribution in [1.29, 1.82) is 0 Å². The zero-order valence-corrected chi connectivity index (χ0v) is 8.76. The SMILES string of the molecule is CCC(=O)c1cc(Cl)c(OC)cc1O. The third kappa shape index (κ3) is 1.99. The van der Waals surface area contributed by atoms with Crippen molar-refractivity contribution in [2.75, 3.05) is 7.11 Å². The maximum atomic E-state index is 11.3. The Kier molecular flexibility index (Phi) is 3.36. The monoisotopic (exact) mass is 214 g/mol. The van der Waals surface area contributed by atoms with E-state index in [2.05, 4.69) is 0 Å². The van der Waals surface area contributed by atoms with Crippen LogP contribution in [0.25, 0.3) is 0 Å². The number of hydrogen-bond donors (Lipinski definition) is 1. The van der Waals surface area contributed by atoms with Crippen LogP contribution in [0.4, 0.5) is 0 Å². The molecule has 1 aromatic rings. The first kappa shape index (κ1) is 10.9. The summed E-state index contributed by atoms with van der Waals surface area (Å²) >= 11 is 5.81. The molecule has 0 saturated heterocycles. The second kappa shape index (κ2) is 4.33. The molecule has 0 aromatic heterocycles. The third-order valence-corrected chi connectivity index (χ3v) is 2.19. The van der Waals surface area contributed by atoms with E-state index in [9.17, 15) is 9.90 Å². The molecule has 14 heavy (non-hydrogen) atoms. The van der Waals surface area contributed by atoms with E-state index in [1.165, 1.54) is 19.2 Å². The van der Waals surface area contributed by atoms with Crippen molar-refractivity contribution >= 4 is 17.4 Å². The number of methoxy groups -OCH3 is 1. The second-order valence-corrected chi connectivity index (χ2v) is 3.19. The van der Waals surface area contributed by atoms with E-state index in [4.69, 9.17) is 16.3 Å². The highest BCUT2D eigenvalue weighted by molar-refractivity contribution is 6.32. The highest BCUT2D eigenvalue weighted by atomic mass is 35.5. The first-order valence-electron chi connectivity index (χ1n) is 4.19. The zero-order valence-electron chi connectivity index (χ0n) is 8.00. The van der Waals surface area contributed by atoms with Gasteiger partial charge in [0.05, 0.1) is 17.7 Å². The van der Waals surface area contributed by atoms with Gasteiger partial charge in [-0.3, -0.25) is 4.79 Å². The van der Waals surface area contributed by atoms with Crippen molar-refractivity contribution in [3.63, 3.8) is 0 Å². The van der Waals surface area contributed by atoms with Crippen molar-refractivity contribution in [2.45, 2.75) is 13.3 Å². The Balaban J connectivity index is 3.21. The van der Waals surface area contributed by atoms with Crippen LogP contribution in [-0.4, -0.2) is 18.0 Å². The van der Waals surface area contributed by atoms with E-state index in [-0.39, 0.29) is 17.1 Å². The Bertz CT molecular complexity index is 361. The fraction of sp³-hybridized carbons (Fsp3) is 0.300. The predicted molar refractivity (Wildman–Crippen MR) is 54.3 cm³/mol.